The number of carbonyl (C=O) groups excluding carboxylic acids is 1. The maximum absolute atomic E-state index is 12.1. The lowest BCUT2D eigenvalue weighted by Gasteiger charge is -2.12. The van der Waals surface area contributed by atoms with Crippen LogP contribution in [0.25, 0.3) is 0 Å². The van der Waals surface area contributed by atoms with Crippen molar-refractivity contribution in [2.75, 3.05) is 13.2 Å². The summed E-state index contributed by atoms with van der Waals surface area (Å²) in [6.45, 7) is 0.954. The molecule has 0 saturated carbocycles. The number of benzene rings is 1. The summed E-state index contributed by atoms with van der Waals surface area (Å²) in [5, 5.41) is 32.0. The second-order valence-electron chi connectivity index (χ2n) is 5.82. The predicted molar refractivity (Wildman–Crippen MR) is 106 cm³/mol. The molecule has 0 aliphatic carbocycles. The largest absolute Gasteiger partial charge is 0.633 e. The van der Waals surface area contributed by atoms with Crippen LogP contribution in [0.2, 0.25) is 5.02 Å². The zero-order valence-corrected chi connectivity index (χ0v) is 16.6. The molecule has 0 radical (unpaired) electrons. The number of tetrazole rings is 1. The highest BCUT2D eigenvalue weighted by Gasteiger charge is 2.15. The van der Waals surface area contributed by atoms with Crippen molar-refractivity contribution in [3.05, 3.63) is 40.7 Å². The number of carbonyl (C=O) groups is 1. The van der Waals surface area contributed by atoms with E-state index < -0.39 is 7.32 Å². The number of nitrogens with zero attached hydrogens (tertiary/aromatic N) is 4. The Bertz CT molecular complexity index is 719. The molecule has 1 atom stereocenters. The minimum Gasteiger partial charge on any atom is -0.402 e. The number of rotatable bonds is 11. The van der Waals surface area contributed by atoms with Crippen molar-refractivity contribution in [3.8, 4) is 0 Å². The summed E-state index contributed by atoms with van der Waals surface area (Å²) in [5.74, 6) is 0.315. The molecule has 1 aromatic heterocycles. The van der Waals surface area contributed by atoms with E-state index in [9.17, 15) is 4.79 Å². The lowest BCUT2D eigenvalue weighted by Crippen LogP contribution is -2.29. The van der Waals surface area contributed by atoms with Gasteiger partial charge in [0.05, 0.1) is 12.6 Å². The molecule has 5 N–H and O–H groups in total. The number of nitrogens with one attached hydrogen (secondary N) is 1. The second kappa shape index (κ2) is 12.7. The highest BCUT2D eigenvalue weighted by atomic mass is 35.5. The molecule has 2 aromatic rings. The molecule has 0 aliphatic rings. The molecular formula is C15H23BCl2N6O4. The smallest absolute Gasteiger partial charge is 0.402 e. The summed E-state index contributed by atoms with van der Waals surface area (Å²) in [6, 6.07) is 6.24. The molecule has 1 unspecified atom stereocenters. The summed E-state index contributed by atoms with van der Waals surface area (Å²) >= 11 is 5.80. The monoisotopic (exact) mass is 432 g/mol. The van der Waals surface area contributed by atoms with Crippen LogP contribution in [0, 0.1) is 0 Å². The number of unbranched alkanes of at least 4 members (excludes halogenated alkanes) is 1. The van der Waals surface area contributed by atoms with E-state index in [1.807, 2.05) is 0 Å². The van der Waals surface area contributed by atoms with Gasteiger partial charge in [0.2, 0.25) is 0 Å². The Hall–Kier alpha value is -1.76. The van der Waals surface area contributed by atoms with Gasteiger partial charge in [0, 0.05) is 23.7 Å². The van der Waals surface area contributed by atoms with Crippen molar-refractivity contribution in [3.63, 3.8) is 0 Å². The van der Waals surface area contributed by atoms with Gasteiger partial charge < -0.3 is 25.8 Å². The molecular weight excluding hydrogens is 410 g/mol. The van der Waals surface area contributed by atoms with Gasteiger partial charge in [-0.2, -0.15) is 0 Å². The van der Waals surface area contributed by atoms with Crippen LogP contribution in [0.3, 0.4) is 0 Å². The van der Waals surface area contributed by atoms with Gasteiger partial charge >= 0.3 is 7.32 Å². The third-order valence-corrected chi connectivity index (χ3v) is 4.04. The molecule has 10 nitrogen and oxygen atoms in total. The molecule has 0 saturated heterocycles. The molecule has 154 valence electrons. The van der Waals surface area contributed by atoms with Gasteiger partial charge in [-0.25, -0.2) is 4.68 Å². The normalized spacial score (nSPS) is 11.6. The van der Waals surface area contributed by atoms with Gasteiger partial charge in [0.15, 0.2) is 5.82 Å². The van der Waals surface area contributed by atoms with Crippen LogP contribution >= 0.6 is 24.0 Å². The zero-order chi connectivity index (χ0) is 19.6. The van der Waals surface area contributed by atoms with E-state index in [0.29, 0.717) is 48.8 Å². The topological polar surface area (TPSA) is 148 Å². The average Bonchev–Trinajstić information content (AvgIpc) is 3.10. The van der Waals surface area contributed by atoms with Gasteiger partial charge in [-0.05, 0) is 54.0 Å². The first-order valence-corrected chi connectivity index (χ1v) is 8.88. The van der Waals surface area contributed by atoms with E-state index in [1.165, 1.54) is 0 Å². The van der Waals surface area contributed by atoms with E-state index in [0.717, 1.165) is 0 Å². The van der Waals surface area contributed by atoms with E-state index in [-0.39, 0.29) is 31.0 Å². The van der Waals surface area contributed by atoms with Crippen molar-refractivity contribution in [1.29, 1.82) is 0 Å². The van der Waals surface area contributed by atoms with Crippen LogP contribution in [0.15, 0.2) is 24.3 Å². The van der Waals surface area contributed by atoms with Crippen LogP contribution in [0.4, 0.5) is 0 Å². The molecule has 0 fully saturated rings. The Morgan fingerprint density at radius 2 is 2.04 bits per heavy atom. The molecule has 0 spiro atoms. The fourth-order valence-electron chi connectivity index (χ4n) is 2.40. The molecule has 1 amide bonds. The van der Waals surface area contributed by atoms with Crippen LogP contribution < -0.4 is 11.1 Å². The first kappa shape index (κ1) is 24.3. The molecule has 2 rings (SSSR count). The fraction of sp³-hybridized carbons (Fsp3) is 0.467. The van der Waals surface area contributed by atoms with Gasteiger partial charge in [0.1, 0.15) is 0 Å². The molecule has 0 aliphatic heterocycles. The van der Waals surface area contributed by atoms with Gasteiger partial charge in [-0.15, -0.1) is 17.5 Å². The summed E-state index contributed by atoms with van der Waals surface area (Å²) in [5.41, 5.74) is 6.63. The van der Waals surface area contributed by atoms with Crippen LogP contribution in [-0.2, 0) is 11.2 Å². The summed E-state index contributed by atoms with van der Waals surface area (Å²) in [7, 11) is -1.76. The van der Waals surface area contributed by atoms with Crippen molar-refractivity contribution >= 4 is 37.2 Å². The summed E-state index contributed by atoms with van der Waals surface area (Å²) < 4.78 is 6.19. The summed E-state index contributed by atoms with van der Waals surface area (Å²) in [4.78, 5) is 12.1. The SMILES string of the molecule is Cl.NC(CCCCOB(O)O)c1nnnn1CCNC(=O)c1ccc(Cl)cc1. The number of hydrogen-bond acceptors (Lipinski definition) is 8. The second-order valence-corrected chi connectivity index (χ2v) is 6.26. The number of halogens is 2. The van der Waals surface area contributed by atoms with E-state index in [2.05, 4.69) is 25.5 Å². The van der Waals surface area contributed by atoms with Crippen LogP contribution in [0.1, 0.15) is 41.5 Å². The number of aromatic nitrogens is 4. The Morgan fingerprint density at radius 1 is 1.32 bits per heavy atom. The fourth-order valence-corrected chi connectivity index (χ4v) is 2.53. The molecule has 0 bridgehead atoms. The maximum atomic E-state index is 12.1. The third-order valence-electron chi connectivity index (χ3n) is 3.78. The standard InChI is InChI=1S/C15H22BClN6O4.ClH/c17-12-6-4-11(5-7-12)15(24)19-8-9-23-14(20-21-22-23)13(18)3-1-2-10-27-16(25)26;/h4-7,13,25-26H,1-3,8-10,18H2,(H,19,24);1H. The maximum Gasteiger partial charge on any atom is 0.633 e. The molecule has 13 heteroatoms. The summed E-state index contributed by atoms with van der Waals surface area (Å²) in [6.07, 6.45) is 1.96. The molecule has 1 aromatic carbocycles. The van der Waals surface area contributed by atoms with Gasteiger partial charge in [-0.1, -0.05) is 11.6 Å². The zero-order valence-electron chi connectivity index (χ0n) is 15.1. The minimum absolute atomic E-state index is 0. The van der Waals surface area contributed by atoms with E-state index >= 15 is 0 Å². The first-order chi connectivity index (χ1) is 13.0. The highest BCUT2D eigenvalue weighted by molar-refractivity contribution is 6.32. The number of amides is 1. The highest BCUT2D eigenvalue weighted by Crippen LogP contribution is 2.13. The van der Waals surface area contributed by atoms with E-state index in [1.54, 1.807) is 28.9 Å². The lowest BCUT2D eigenvalue weighted by molar-refractivity contribution is 0.0951. The lowest BCUT2D eigenvalue weighted by atomic mass is 10.1. The first-order valence-electron chi connectivity index (χ1n) is 8.50. The predicted octanol–water partition coefficient (Wildman–Crippen LogP) is 0.334. The Balaban J connectivity index is 0.00000392. The minimum atomic E-state index is -1.76. The van der Waals surface area contributed by atoms with E-state index in [4.69, 9.17) is 27.4 Å². The Labute approximate surface area is 174 Å². The van der Waals surface area contributed by atoms with Crippen LogP contribution in [-0.4, -0.2) is 56.6 Å². The number of hydrogen-bond donors (Lipinski definition) is 4. The van der Waals surface area contributed by atoms with Gasteiger partial charge in [-0.3, -0.25) is 4.79 Å². The van der Waals surface area contributed by atoms with Crippen molar-refractivity contribution in [2.24, 2.45) is 5.73 Å². The molecule has 28 heavy (non-hydrogen) atoms. The number of nitrogens with two attached hydrogens (primary N) is 1. The van der Waals surface area contributed by atoms with Gasteiger partial charge in [0.25, 0.3) is 5.91 Å². The quantitative estimate of drug-likeness (QED) is 0.293. The van der Waals surface area contributed by atoms with Crippen molar-refractivity contribution in [2.45, 2.75) is 31.8 Å². The van der Waals surface area contributed by atoms with Crippen molar-refractivity contribution in [1.82, 2.24) is 25.5 Å². The average molecular weight is 433 g/mol. The Kier molecular flexibility index (Phi) is 11.0. The molecule has 1 heterocycles. The van der Waals surface area contributed by atoms with Crippen molar-refractivity contribution < 1.29 is 19.5 Å². The Morgan fingerprint density at radius 3 is 2.71 bits per heavy atom. The third kappa shape index (κ3) is 8.09. The van der Waals surface area contributed by atoms with Crippen LogP contribution in [0.5, 0.6) is 0 Å².